The quantitative estimate of drug-likeness (QED) is 0.725. The van der Waals surface area contributed by atoms with Gasteiger partial charge in [0, 0.05) is 11.1 Å². The van der Waals surface area contributed by atoms with E-state index in [1.807, 2.05) is 0 Å². The Morgan fingerprint density at radius 3 is 2.63 bits per heavy atom. The van der Waals surface area contributed by atoms with Gasteiger partial charge in [0.25, 0.3) is 5.91 Å². The molecule has 0 aliphatic carbocycles. The molecule has 1 heterocycles. The number of benzene rings is 1. The lowest BCUT2D eigenvalue weighted by atomic mass is 10.1. The number of primary amides is 1. The molecule has 1 aromatic heterocycles. The van der Waals surface area contributed by atoms with Gasteiger partial charge < -0.3 is 10.2 Å². The summed E-state index contributed by atoms with van der Waals surface area (Å²) in [5.74, 6) is -0.803. The van der Waals surface area contributed by atoms with Crippen molar-refractivity contribution in [3.63, 3.8) is 0 Å². The van der Waals surface area contributed by atoms with E-state index in [4.69, 9.17) is 10.2 Å². The largest absolute Gasteiger partial charge is 0.423 e. The van der Waals surface area contributed by atoms with Crippen LogP contribution in [0.5, 0.6) is 0 Å². The predicted octanol–water partition coefficient (Wildman–Crippen LogP) is -0.117. The molecule has 3 N–H and O–H groups in total. The van der Waals surface area contributed by atoms with Crippen molar-refractivity contribution in [2.45, 2.75) is 0 Å². The highest BCUT2D eigenvalue weighted by atomic mass is 16.7. The molecule has 0 unspecified atom stereocenters. The zero-order chi connectivity index (χ0) is 13.7. The number of carbonyl (C=O) groups is 2. The number of hydrogen-bond donors (Lipinski definition) is 2. The third-order valence-electron chi connectivity index (χ3n) is 2.13. The summed E-state index contributed by atoms with van der Waals surface area (Å²) >= 11 is 0. The molecule has 0 bridgehead atoms. The Morgan fingerprint density at radius 1 is 1.32 bits per heavy atom. The van der Waals surface area contributed by atoms with Crippen molar-refractivity contribution >= 4 is 11.8 Å². The van der Waals surface area contributed by atoms with Crippen LogP contribution in [-0.4, -0.2) is 28.6 Å². The molecule has 0 atom stereocenters. The molecule has 0 aliphatic heterocycles. The first-order chi connectivity index (χ1) is 9.16. The van der Waals surface area contributed by atoms with Gasteiger partial charge in [0.1, 0.15) is 0 Å². The van der Waals surface area contributed by atoms with Crippen molar-refractivity contribution in [1.29, 1.82) is 0 Å². The van der Waals surface area contributed by atoms with Crippen molar-refractivity contribution < 1.29 is 18.8 Å². The molecule has 0 saturated carbocycles. The second kappa shape index (κ2) is 5.74. The highest BCUT2D eigenvalue weighted by Crippen LogP contribution is 2.16. The van der Waals surface area contributed by atoms with Gasteiger partial charge in [0.05, 0.1) is 0 Å². The predicted molar refractivity (Wildman–Crippen MR) is 62.3 cm³/mol. The molecule has 2 amide bonds. The molecule has 1 aromatic carbocycles. The van der Waals surface area contributed by atoms with Crippen molar-refractivity contribution in [3.8, 4) is 11.5 Å². The molecule has 2 aromatic rings. The van der Waals surface area contributed by atoms with Crippen LogP contribution >= 0.6 is 0 Å². The van der Waals surface area contributed by atoms with E-state index >= 15 is 0 Å². The van der Waals surface area contributed by atoms with Crippen LogP contribution in [0.25, 0.3) is 11.5 Å². The molecule has 0 radical (unpaired) electrons. The lowest BCUT2D eigenvalue weighted by Gasteiger charge is -2.04. The standard InChI is InChI=1S/C11H10N4O4/c12-9(16)5-19-15-10(17)7-1-3-8(4-2-7)11-14-13-6-18-11/h1-4,6H,5H2,(H2,12,16)(H,15,17). The van der Waals surface area contributed by atoms with Crippen LogP contribution in [-0.2, 0) is 9.63 Å². The Balaban J connectivity index is 1.98. The highest BCUT2D eigenvalue weighted by Gasteiger charge is 2.08. The molecular formula is C11H10N4O4. The fraction of sp³-hybridized carbons (Fsp3) is 0.0909. The number of rotatable bonds is 5. The van der Waals surface area contributed by atoms with E-state index in [9.17, 15) is 9.59 Å². The molecule has 2 rings (SSSR count). The van der Waals surface area contributed by atoms with Crippen molar-refractivity contribution in [2.24, 2.45) is 5.73 Å². The van der Waals surface area contributed by atoms with Crippen LogP contribution in [0.1, 0.15) is 10.4 Å². The Morgan fingerprint density at radius 2 is 2.05 bits per heavy atom. The molecule has 8 heteroatoms. The smallest absolute Gasteiger partial charge is 0.274 e. The van der Waals surface area contributed by atoms with Gasteiger partial charge in [0.15, 0.2) is 6.61 Å². The molecule has 0 fully saturated rings. The third-order valence-corrected chi connectivity index (χ3v) is 2.13. The van der Waals surface area contributed by atoms with E-state index < -0.39 is 11.8 Å². The first-order valence-corrected chi connectivity index (χ1v) is 5.24. The van der Waals surface area contributed by atoms with Gasteiger partial charge in [0.2, 0.25) is 18.2 Å². The molecule has 0 saturated heterocycles. The Labute approximate surface area is 107 Å². The normalized spacial score (nSPS) is 10.1. The van der Waals surface area contributed by atoms with Gasteiger partial charge in [-0.1, -0.05) is 0 Å². The highest BCUT2D eigenvalue weighted by molar-refractivity contribution is 5.93. The summed E-state index contributed by atoms with van der Waals surface area (Å²) in [6.45, 7) is -0.383. The lowest BCUT2D eigenvalue weighted by Crippen LogP contribution is -2.29. The summed E-state index contributed by atoms with van der Waals surface area (Å²) in [4.78, 5) is 26.6. The first-order valence-electron chi connectivity index (χ1n) is 5.24. The fourth-order valence-corrected chi connectivity index (χ4v) is 1.29. The van der Waals surface area contributed by atoms with Gasteiger partial charge in [-0.05, 0) is 24.3 Å². The number of amides is 2. The van der Waals surface area contributed by atoms with Crippen LogP contribution in [0, 0.1) is 0 Å². The Kier molecular flexibility index (Phi) is 3.84. The van der Waals surface area contributed by atoms with Crippen molar-refractivity contribution in [3.05, 3.63) is 36.2 Å². The number of nitrogens with two attached hydrogens (primary N) is 1. The van der Waals surface area contributed by atoms with Crippen molar-refractivity contribution in [2.75, 3.05) is 6.61 Å². The van der Waals surface area contributed by atoms with Gasteiger partial charge in [-0.2, -0.15) is 0 Å². The minimum absolute atomic E-state index is 0.354. The van der Waals surface area contributed by atoms with Crippen LogP contribution in [0.3, 0.4) is 0 Å². The van der Waals surface area contributed by atoms with Crippen LogP contribution < -0.4 is 11.2 Å². The average molecular weight is 262 g/mol. The minimum Gasteiger partial charge on any atom is -0.423 e. The van der Waals surface area contributed by atoms with Gasteiger partial charge in [-0.25, -0.2) is 5.48 Å². The summed E-state index contributed by atoms with van der Waals surface area (Å²) in [5, 5.41) is 7.29. The van der Waals surface area contributed by atoms with Crippen LogP contribution in [0.15, 0.2) is 35.1 Å². The van der Waals surface area contributed by atoms with E-state index in [1.54, 1.807) is 24.3 Å². The van der Waals surface area contributed by atoms with Crippen LogP contribution in [0.4, 0.5) is 0 Å². The van der Waals surface area contributed by atoms with E-state index in [2.05, 4.69) is 20.5 Å². The number of aromatic nitrogens is 2. The summed E-state index contributed by atoms with van der Waals surface area (Å²) < 4.78 is 5.01. The number of nitrogens with one attached hydrogen (secondary N) is 1. The van der Waals surface area contributed by atoms with E-state index in [1.165, 1.54) is 6.39 Å². The maximum absolute atomic E-state index is 11.6. The zero-order valence-electron chi connectivity index (χ0n) is 9.70. The van der Waals surface area contributed by atoms with Crippen LogP contribution in [0.2, 0.25) is 0 Å². The lowest BCUT2D eigenvalue weighted by molar-refractivity contribution is -0.124. The zero-order valence-corrected chi connectivity index (χ0v) is 9.70. The number of hydrogen-bond acceptors (Lipinski definition) is 6. The summed E-state index contributed by atoms with van der Waals surface area (Å²) in [7, 11) is 0. The van der Waals surface area contributed by atoms with E-state index in [-0.39, 0.29) is 6.61 Å². The monoisotopic (exact) mass is 262 g/mol. The molecule has 19 heavy (non-hydrogen) atoms. The maximum Gasteiger partial charge on any atom is 0.274 e. The summed E-state index contributed by atoms with van der Waals surface area (Å²) in [6, 6.07) is 6.41. The van der Waals surface area contributed by atoms with Crippen molar-refractivity contribution in [1.82, 2.24) is 15.7 Å². The number of hydroxylamine groups is 1. The average Bonchev–Trinajstić information content (AvgIpc) is 2.92. The second-order valence-electron chi connectivity index (χ2n) is 3.51. The Hall–Kier alpha value is -2.74. The molecule has 0 aliphatic rings. The maximum atomic E-state index is 11.6. The molecule has 98 valence electrons. The SMILES string of the molecule is NC(=O)CONC(=O)c1ccc(-c2nnco2)cc1. The number of carbonyl (C=O) groups excluding carboxylic acids is 2. The van der Waals surface area contributed by atoms with Gasteiger partial charge in [-0.15, -0.1) is 10.2 Å². The number of nitrogens with zero attached hydrogens (tertiary/aromatic N) is 2. The summed E-state index contributed by atoms with van der Waals surface area (Å²) in [5.41, 5.74) is 7.99. The Bertz CT molecular complexity index is 565. The topological polar surface area (TPSA) is 120 Å². The molecule has 0 spiro atoms. The second-order valence-corrected chi connectivity index (χ2v) is 3.51. The molecule has 8 nitrogen and oxygen atoms in total. The third kappa shape index (κ3) is 3.36. The van der Waals surface area contributed by atoms with Gasteiger partial charge in [-0.3, -0.25) is 14.4 Å². The van der Waals surface area contributed by atoms with E-state index in [0.29, 0.717) is 17.0 Å². The first kappa shape index (κ1) is 12.7. The van der Waals surface area contributed by atoms with E-state index in [0.717, 1.165) is 0 Å². The fourth-order valence-electron chi connectivity index (χ4n) is 1.29. The summed E-state index contributed by atoms with van der Waals surface area (Å²) in [6.07, 6.45) is 1.22. The molecular weight excluding hydrogens is 252 g/mol. The van der Waals surface area contributed by atoms with Gasteiger partial charge >= 0.3 is 0 Å². The minimum atomic E-state index is -0.674.